The number of benzene rings is 2. The number of hydrogen-bond acceptors (Lipinski definition) is 5. The molecule has 2 aromatic carbocycles. The van der Waals surface area contributed by atoms with E-state index in [1.54, 1.807) is 23.6 Å². The molecular weight excluding hydrogens is 444 g/mol. The highest BCUT2D eigenvalue weighted by Crippen LogP contribution is 2.31. The molecule has 0 amide bonds. The first-order valence-corrected chi connectivity index (χ1v) is 11.5. The number of esters is 1. The predicted octanol–water partition coefficient (Wildman–Crippen LogP) is 4.19. The molecule has 1 unspecified atom stereocenters. The maximum absolute atomic E-state index is 13.5. The van der Waals surface area contributed by atoms with Gasteiger partial charge in [-0.2, -0.15) is 0 Å². The number of aromatic nitrogens is 1. The van der Waals surface area contributed by atoms with Crippen LogP contribution in [0.15, 0.2) is 69.6 Å². The number of carbonyl (C=O) groups excluding carboxylic acids is 1. The van der Waals surface area contributed by atoms with E-state index >= 15 is 0 Å². The van der Waals surface area contributed by atoms with Crippen LogP contribution in [0.3, 0.4) is 0 Å². The van der Waals surface area contributed by atoms with E-state index in [1.165, 1.54) is 24.0 Å². The number of fused-ring (bicyclic) bond motifs is 1. The minimum absolute atomic E-state index is 0.199. The van der Waals surface area contributed by atoms with E-state index in [4.69, 9.17) is 16.3 Å². The van der Waals surface area contributed by atoms with Crippen molar-refractivity contribution in [1.29, 1.82) is 0 Å². The first kappa shape index (κ1) is 22.2. The molecule has 0 saturated carbocycles. The Morgan fingerprint density at radius 1 is 1.16 bits per heavy atom. The van der Waals surface area contributed by atoms with Crippen LogP contribution in [0.5, 0.6) is 0 Å². The minimum Gasteiger partial charge on any atom is -0.466 e. The number of methoxy groups -OCH3 is 1. The molecule has 164 valence electrons. The van der Waals surface area contributed by atoms with E-state index in [-0.39, 0.29) is 5.56 Å². The van der Waals surface area contributed by atoms with Gasteiger partial charge in [0.2, 0.25) is 0 Å². The molecule has 0 bridgehead atoms. The van der Waals surface area contributed by atoms with Crippen LogP contribution in [0.1, 0.15) is 49.4 Å². The third kappa shape index (κ3) is 4.08. The zero-order valence-corrected chi connectivity index (χ0v) is 19.8. The van der Waals surface area contributed by atoms with Crippen molar-refractivity contribution in [2.24, 2.45) is 4.99 Å². The smallest absolute Gasteiger partial charge is 0.338 e. The highest BCUT2D eigenvalue weighted by molar-refractivity contribution is 7.07. The second-order valence-electron chi connectivity index (χ2n) is 7.95. The third-order valence-corrected chi connectivity index (χ3v) is 6.75. The van der Waals surface area contributed by atoms with Gasteiger partial charge in [0.05, 0.1) is 29.0 Å². The molecule has 0 fully saturated rings. The van der Waals surface area contributed by atoms with Gasteiger partial charge in [-0.25, -0.2) is 9.79 Å². The van der Waals surface area contributed by atoms with Gasteiger partial charge in [0.25, 0.3) is 5.56 Å². The maximum atomic E-state index is 13.5. The van der Waals surface area contributed by atoms with E-state index in [2.05, 4.69) is 31.0 Å². The fourth-order valence-electron chi connectivity index (χ4n) is 3.78. The lowest BCUT2D eigenvalue weighted by molar-refractivity contribution is -0.136. The molecule has 1 aliphatic heterocycles. The molecule has 1 aliphatic rings. The number of nitrogens with zero attached hydrogens (tertiary/aromatic N) is 2. The lowest BCUT2D eigenvalue weighted by Gasteiger charge is -2.24. The molecule has 4 rings (SSSR count). The van der Waals surface area contributed by atoms with Crippen LogP contribution < -0.4 is 14.9 Å². The Morgan fingerprint density at radius 2 is 1.81 bits per heavy atom. The van der Waals surface area contributed by atoms with Crippen LogP contribution in [0, 0.1) is 0 Å². The Morgan fingerprint density at radius 3 is 2.41 bits per heavy atom. The van der Waals surface area contributed by atoms with E-state index in [9.17, 15) is 9.59 Å². The first-order valence-electron chi connectivity index (χ1n) is 10.3. The largest absolute Gasteiger partial charge is 0.466 e. The molecule has 0 saturated heterocycles. The van der Waals surface area contributed by atoms with Gasteiger partial charge in [-0.05, 0) is 47.7 Å². The second kappa shape index (κ2) is 8.88. The van der Waals surface area contributed by atoms with Gasteiger partial charge in [-0.1, -0.05) is 73.2 Å². The van der Waals surface area contributed by atoms with Crippen molar-refractivity contribution in [1.82, 2.24) is 4.57 Å². The molecule has 3 aromatic rings. The summed E-state index contributed by atoms with van der Waals surface area (Å²) < 4.78 is 7.15. The quantitative estimate of drug-likeness (QED) is 0.542. The zero-order valence-electron chi connectivity index (χ0n) is 18.3. The fourth-order valence-corrected chi connectivity index (χ4v) is 4.95. The van der Waals surface area contributed by atoms with Crippen molar-refractivity contribution in [2.75, 3.05) is 7.11 Å². The molecule has 0 spiro atoms. The van der Waals surface area contributed by atoms with Crippen molar-refractivity contribution in [3.8, 4) is 0 Å². The van der Waals surface area contributed by atoms with Gasteiger partial charge >= 0.3 is 5.97 Å². The summed E-state index contributed by atoms with van der Waals surface area (Å²) in [6, 6.07) is 14.6. The number of hydrogen-bond donors (Lipinski definition) is 0. The summed E-state index contributed by atoms with van der Waals surface area (Å²) in [7, 11) is 1.33. The summed E-state index contributed by atoms with van der Waals surface area (Å²) >= 11 is 7.38. The monoisotopic (exact) mass is 466 g/mol. The summed E-state index contributed by atoms with van der Waals surface area (Å²) in [6.07, 6.45) is 1.87. The summed E-state index contributed by atoms with van der Waals surface area (Å²) in [4.78, 5) is 31.2. The molecule has 2 heterocycles. The van der Waals surface area contributed by atoms with Crippen molar-refractivity contribution in [2.45, 2.75) is 32.7 Å². The van der Waals surface area contributed by atoms with E-state index in [0.29, 0.717) is 31.5 Å². The topological polar surface area (TPSA) is 60.7 Å². The van der Waals surface area contributed by atoms with Gasteiger partial charge in [0.15, 0.2) is 4.80 Å². The Hall–Kier alpha value is -2.96. The van der Waals surface area contributed by atoms with Gasteiger partial charge in [0, 0.05) is 5.02 Å². The predicted molar refractivity (Wildman–Crippen MR) is 128 cm³/mol. The average Bonchev–Trinajstić information content (AvgIpc) is 3.08. The van der Waals surface area contributed by atoms with E-state index in [0.717, 1.165) is 11.1 Å². The number of ether oxygens (including phenoxy) is 1. The number of carbonyl (C=O) groups is 1. The summed E-state index contributed by atoms with van der Waals surface area (Å²) in [6.45, 7) is 6.05. The first-order chi connectivity index (χ1) is 15.3. The Kier molecular flexibility index (Phi) is 6.17. The lowest BCUT2D eigenvalue weighted by Crippen LogP contribution is -2.39. The van der Waals surface area contributed by atoms with Crippen LogP contribution >= 0.6 is 22.9 Å². The molecule has 0 N–H and O–H groups in total. The maximum Gasteiger partial charge on any atom is 0.338 e. The Bertz CT molecular complexity index is 1380. The SMILES string of the molecule is COC(=O)C1=C(C)N=c2s/c(=C\c3ccc(C(C)C)cc3)c(=O)n2C1c1ccc(Cl)cc1. The van der Waals surface area contributed by atoms with Crippen molar-refractivity contribution < 1.29 is 9.53 Å². The Labute approximate surface area is 195 Å². The molecule has 0 aliphatic carbocycles. The molecule has 1 aromatic heterocycles. The van der Waals surface area contributed by atoms with Crippen LogP contribution in [-0.4, -0.2) is 17.6 Å². The molecule has 7 heteroatoms. The number of halogens is 1. The van der Waals surface area contributed by atoms with Crippen LogP contribution in [0.25, 0.3) is 6.08 Å². The highest BCUT2D eigenvalue weighted by Gasteiger charge is 2.33. The number of rotatable bonds is 4. The normalized spacial score (nSPS) is 16.2. The summed E-state index contributed by atoms with van der Waals surface area (Å²) in [5.41, 5.74) is 3.62. The van der Waals surface area contributed by atoms with Gasteiger partial charge in [0.1, 0.15) is 0 Å². The summed E-state index contributed by atoms with van der Waals surface area (Å²) in [5.74, 6) is -0.0711. The molecular formula is C25H23ClN2O3S. The molecule has 5 nitrogen and oxygen atoms in total. The Balaban J connectivity index is 1.91. The van der Waals surface area contributed by atoms with Crippen molar-refractivity contribution in [3.05, 3.63) is 101 Å². The molecule has 32 heavy (non-hydrogen) atoms. The van der Waals surface area contributed by atoms with Crippen LogP contribution in [0.2, 0.25) is 5.02 Å². The minimum atomic E-state index is -0.638. The van der Waals surface area contributed by atoms with Crippen molar-refractivity contribution >= 4 is 35.0 Å². The molecule has 1 atom stereocenters. The van der Waals surface area contributed by atoms with Crippen molar-refractivity contribution in [3.63, 3.8) is 0 Å². The highest BCUT2D eigenvalue weighted by atomic mass is 35.5. The summed E-state index contributed by atoms with van der Waals surface area (Å²) in [5, 5.41) is 0.575. The van der Waals surface area contributed by atoms with Crippen LogP contribution in [-0.2, 0) is 9.53 Å². The second-order valence-corrected chi connectivity index (χ2v) is 9.39. The fraction of sp³-hybridized carbons (Fsp3) is 0.240. The zero-order chi connectivity index (χ0) is 23.0. The van der Waals surface area contributed by atoms with E-state index < -0.39 is 12.0 Å². The number of thiazole rings is 1. The lowest BCUT2D eigenvalue weighted by atomic mass is 9.96. The van der Waals surface area contributed by atoms with E-state index in [1.807, 2.05) is 30.3 Å². The van der Waals surface area contributed by atoms with Crippen LogP contribution in [0.4, 0.5) is 0 Å². The van der Waals surface area contributed by atoms with Gasteiger partial charge in [-0.3, -0.25) is 9.36 Å². The van der Waals surface area contributed by atoms with Gasteiger partial charge < -0.3 is 4.74 Å². The third-order valence-electron chi connectivity index (χ3n) is 5.51. The standard InChI is InChI=1S/C25H23ClN2O3S/c1-14(2)17-7-5-16(6-8-17)13-20-23(29)28-22(18-9-11-19(26)12-10-18)21(24(30)31-4)15(3)27-25(28)32-20/h5-14,22H,1-4H3/b20-13-. The molecule has 0 radical (unpaired) electrons. The number of allylic oxidation sites excluding steroid dienone is 1. The average molecular weight is 467 g/mol. The van der Waals surface area contributed by atoms with Gasteiger partial charge in [-0.15, -0.1) is 0 Å².